The van der Waals surface area contributed by atoms with Gasteiger partial charge in [0.15, 0.2) is 5.96 Å². The minimum Gasteiger partial charge on any atom is -0.494 e. The maximum Gasteiger partial charge on any atom is 0.188 e. The van der Waals surface area contributed by atoms with Crippen molar-refractivity contribution in [2.24, 2.45) is 10.7 Å². The van der Waals surface area contributed by atoms with E-state index in [2.05, 4.69) is 10.3 Å². The molecule has 5 heteroatoms. The van der Waals surface area contributed by atoms with Crippen LogP contribution in [0.5, 0.6) is 5.75 Å². The lowest BCUT2D eigenvalue weighted by molar-refractivity contribution is 0.336. The van der Waals surface area contributed by atoms with E-state index in [0.29, 0.717) is 24.1 Å². The Balaban J connectivity index is 2.64. The fourth-order valence-electron chi connectivity index (χ4n) is 1.44. The van der Waals surface area contributed by atoms with Gasteiger partial charge in [0.1, 0.15) is 5.75 Å². The minimum atomic E-state index is 0.435. The van der Waals surface area contributed by atoms with Crippen molar-refractivity contribution < 1.29 is 4.74 Å². The van der Waals surface area contributed by atoms with Crippen molar-refractivity contribution in [1.82, 2.24) is 5.32 Å². The molecule has 0 amide bonds. The van der Waals surface area contributed by atoms with E-state index < -0.39 is 0 Å². The standard InChI is InChI=1S/C12H18ClN3O/c1-3-17-11-5-4-10(13)8-9(11)6-7-16-12(14)15-2/h4-5,8H,3,6-7H2,1-2H3,(H3,14,15,16). The van der Waals surface area contributed by atoms with Crippen LogP contribution in [0, 0.1) is 0 Å². The smallest absolute Gasteiger partial charge is 0.188 e. The number of guanidine groups is 1. The third kappa shape index (κ3) is 4.53. The van der Waals surface area contributed by atoms with Crippen molar-refractivity contribution in [3.8, 4) is 5.75 Å². The van der Waals surface area contributed by atoms with Crippen LogP contribution in [-0.2, 0) is 6.42 Å². The average Bonchev–Trinajstić information content (AvgIpc) is 2.32. The maximum absolute atomic E-state index is 5.96. The number of hydrogen-bond donors (Lipinski definition) is 2. The molecule has 0 radical (unpaired) electrons. The zero-order valence-electron chi connectivity index (χ0n) is 10.2. The molecule has 1 aromatic carbocycles. The van der Waals surface area contributed by atoms with Crippen LogP contribution in [0.1, 0.15) is 12.5 Å². The van der Waals surface area contributed by atoms with Crippen molar-refractivity contribution in [2.75, 3.05) is 20.2 Å². The molecule has 0 aromatic heterocycles. The number of ether oxygens (including phenoxy) is 1. The number of nitrogens with zero attached hydrogens (tertiary/aromatic N) is 1. The van der Waals surface area contributed by atoms with E-state index in [-0.39, 0.29) is 0 Å². The van der Waals surface area contributed by atoms with Crippen LogP contribution in [0.2, 0.25) is 5.02 Å². The molecule has 17 heavy (non-hydrogen) atoms. The lowest BCUT2D eigenvalue weighted by Crippen LogP contribution is -2.32. The zero-order valence-corrected chi connectivity index (χ0v) is 10.9. The van der Waals surface area contributed by atoms with E-state index in [1.165, 1.54) is 0 Å². The summed E-state index contributed by atoms with van der Waals surface area (Å²) in [7, 11) is 1.65. The SMILES string of the molecule is CCOc1ccc(Cl)cc1CCNC(N)=NC. The molecular formula is C12H18ClN3O. The van der Waals surface area contributed by atoms with Gasteiger partial charge in [-0.1, -0.05) is 11.6 Å². The van der Waals surface area contributed by atoms with Gasteiger partial charge in [0.25, 0.3) is 0 Å². The predicted molar refractivity (Wildman–Crippen MR) is 71.9 cm³/mol. The Kier molecular flexibility index (Phi) is 5.63. The van der Waals surface area contributed by atoms with Gasteiger partial charge in [-0.25, -0.2) is 0 Å². The molecule has 0 atom stereocenters. The van der Waals surface area contributed by atoms with Crippen LogP contribution in [-0.4, -0.2) is 26.2 Å². The first-order valence-electron chi connectivity index (χ1n) is 5.54. The highest BCUT2D eigenvalue weighted by Crippen LogP contribution is 2.23. The highest BCUT2D eigenvalue weighted by atomic mass is 35.5. The Morgan fingerprint density at radius 3 is 2.94 bits per heavy atom. The van der Waals surface area contributed by atoms with Crippen LogP contribution in [0.15, 0.2) is 23.2 Å². The van der Waals surface area contributed by atoms with Crippen LogP contribution in [0.4, 0.5) is 0 Å². The molecule has 0 unspecified atom stereocenters. The first-order chi connectivity index (χ1) is 8.17. The fourth-order valence-corrected chi connectivity index (χ4v) is 1.64. The van der Waals surface area contributed by atoms with E-state index in [9.17, 15) is 0 Å². The maximum atomic E-state index is 5.96. The second-order valence-electron chi connectivity index (χ2n) is 3.47. The van der Waals surface area contributed by atoms with E-state index in [0.717, 1.165) is 17.7 Å². The van der Waals surface area contributed by atoms with E-state index in [1.807, 2.05) is 25.1 Å². The highest BCUT2D eigenvalue weighted by Gasteiger charge is 2.04. The lowest BCUT2D eigenvalue weighted by atomic mass is 10.1. The molecule has 4 nitrogen and oxygen atoms in total. The Labute approximate surface area is 107 Å². The van der Waals surface area contributed by atoms with Gasteiger partial charge in [-0.15, -0.1) is 0 Å². The fraction of sp³-hybridized carbons (Fsp3) is 0.417. The Morgan fingerprint density at radius 2 is 2.29 bits per heavy atom. The normalized spacial score (nSPS) is 11.4. The molecule has 0 saturated heterocycles. The average molecular weight is 256 g/mol. The van der Waals surface area contributed by atoms with Gasteiger partial charge in [0, 0.05) is 18.6 Å². The molecule has 0 aliphatic carbocycles. The van der Waals surface area contributed by atoms with Crippen LogP contribution >= 0.6 is 11.6 Å². The summed E-state index contributed by atoms with van der Waals surface area (Å²) in [6.45, 7) is 3.29. The first kappa shape index (κ1) is 13.6. The number of halogens is 1. The Hall–Kier alpha value is -1.42. The number of benzene rings is 1. The van der Waals surface area contributed by atoms with Crippen molar-refractivity contribution in [3.05, 3.63) is 28.8 Å². The summed E-state index contributed by atoms with van der Waals surface area (Å²) in [5.74, 6) is 1.30. The van der Waals surface area contributed by atoms with Gasteiger partial charge in [0.2, 0.25) is 0 Å². The molecule has 0 spiro atoms. The summed E-state index contributed by atoms with van der Waals surface area (Å²) in [5.41, 5.74) is 6.61. The molecule has 94 valence electrons. The van der Waals surface area contributed by atoms with Crippen molar-refractivity contribution in [2.45, 2.75) is 13.3 Å². The third-order valence-electron chi connectivity index (χ3n) is 2.26. The summed E-state index contributed by atoms with van der Waals surface area (Å²) in [6.07, 6.45) is 0.784. The largest absolute Gasteiger partial charge is 0.494 e. The second-order valence-corrected chi connectivity index (χ2v) is 3.91. The summed E-state index contributed by atoms with van der Waals surface area (Å²) in [6, 6.07) is 5.62. The molecule has 0 heterocycles. The molecule has 1 aromatic rings. The number of nitrogens with two attached hydrogens (primary N) is 1. The Bertz CT molecular complexity index is 393. The monoisotopic (exact) mass is 255 g/mol. The molecule has 1 rings (SSSR count). The molecule has 0 fully saturated rings. The van der Waals surface area contributed by atoms with Gasteiger partial charge in [-0.05, 0) is 37.1 Å². The van der Waals surface area contributed by atoms with E-state index >= 15 is 0 Å². The Morgan fingerprint density at radius 1 is 1.53 bits per heavy atom. The first-order valence-corrected chi connectivity index (χ1v) is 5.92. The van der Waals surface area contributed by atoms with Crippen molar-refractivity contribution >= 4 is 17.6 Å². The number of rotatable bonds is 5. The highest BCUT2D eigenvalue weighted by molar-refractivity contribution is 6.30. The number of nitrogens with one attached hydrogen (secondary N) is 1. The predicted octanol–water partition coefficient (Wildman–Crippen LogP) is 1.82. The van der Waals surface area contributed by atoms with Gasteiger partial charge in [-0.3, -0.25) is 4.99 Å². The van der Waals surface area contributed by atoms with E-state index in [1.54, 1.807) is 7.05 Å². The van der Waals surface area contributed by atoms with Crippen molar-refractivity contribution in [1.29, 1.82) is 0 Å². The molecule has 0 aliphatic rings. The van der Waals surface area contributed by atoms with Crippen LogP contribution < -0.4 is 15.8 Å². The van der Waals surface area contributed by atoms with E-state index in [4.69, 9.17) is 22.1 Å². The van der Waals surface area contributed by atoms with Gasteiger partial charge in [-0.2, -0.15) is 0 Å². The van der Waals surface area contributed by atoms with Crippen LogP contribution in [0.3, 0.4) is 0 Å². The van der Waals surface area contributed by atoms with Crippen LogP contribution in [0.25, 0.3) is 0 Å². The summed E-state index contributed by atoms with van der Waals surface area (Å²) in [4.78, 5) is 3.82. The molecule has 0 saturated carbocycles. The minimum absolute atomic E-state index is 0.435. The lowest BCUT2D eigenvalue weighted by Gasteiger charge is -2.11. The molecule has 0 aliphatic heterocycles. The number of aliphatic imine (C=N–C) groups is 1. The molecule has 3 N–H and O–H groups in total. The number of hydrogen-bond acceptors (Lipinski definition) is 2. The third-order valence-corrected chi connectivity index (χ3v) is 2.50. The van der Waals surface area contributed by atoms with Gasteiger partial charge < -0.3 is 15.8 Å². The van der Waals surface area contributed by atoms with Gasteiger partial charge in [0.05, 0.1) is 6.61 Å². The quantitative estimate of drug-likeness (QED) is 0.623. The topological polar surface area (TPSA) is 59.6 Å². The summed E-state index contributed by atoms with van der Waals surface area (Å²) in [5, 5.41) is 3.71. The summed E-state index contributed by atoms with van der Waals surface area (Å²) >= 11 is 5.96. The molecule has 0 bridgehead atoms. The molecular weight excluding hydrogens is 238 g/mol. The summed E-state index contributed by atoms with van der Waals surface area (Å²) < 4.78 is 5.53. The second kappa shape index (κ2) is 7.01. The van der Waals surface area contributed by atoms with Gasteiger partial charge >= 0.3 is 0 Å². The van der Waals surface area contributed by atoms with Crippen molar-refractivity contribution in [3.63, 3.8) is 0 Å². The zero-order chi connectivity index (χ0) is 12.7.